The van der Waals surface area contributed by atoms with Gasteiger partial charge in [0.2, 0.25) is 0 Å². The molecule has 4 heteroatoms. The summed E-state index contributed by atoms with van der Waals surface area (Å²) in [7, 11) is 0. The van der Waals surface area contributed by atoms with E-state index < -0.39 is 5.97 Å². The molecule has 0 atom stereocenters. The fourth-order valence-corrected chi connectivity index (χ4v) is 1.37. The maximum Gasteiger partial charge on any atom is 0.339 e. The second kappa shape index (κ2) is 5.75. The summed E-state index contributed by atoms with van der Waals surface area (Å²) in [6.45, 7) is 4.69. The van der Waals surface area contributed by atoms with E-state index in [2.05, 4.69) is 13.8 Å². The Balaban J connectivity index is 2.75. The van der Waals surface area contributed by atoms with E-state index in [4.69, 9.17) is 21.4 Å². The molecule has 1 aromatic carbocycles. The molecule has 0 spiro atoms. The standard InChI is InChI=1S/C12H15ClO3/c1-8(2)5-6-16-11-4-3-9(13)7-10(11)12(14)15/h3-4,7-8H,5-6H2,1-2H3,(H,14,15). The van der Waals surface area contributed by atoms with Crippen molar-refractivity contribution >= 4 is 17.6 Å². The quantitative estimate of drug-likeness (QED) is 0.860. The van der Waals surface area contributed by atoms with Crippen molar-refractivity contribution in [2.24, 2.45) is 5.92 Å². The Kier molecular flexibility index (Phi) is 4.62. The maximum atomic E-state index is 10.9. The molecular formula is C12H15ClO3. The molecule has 0 aliphatic carbocycles. The molecular weight excluding hydrogens is 228 g/mol. The molecule has 0 unspecified atom stereocenters. The summed E-state index contributed by atoms with van der Waals surface area (Å²) >= 11 is 5.73. The highest BCUT2D eigenvalue weighted by atomic mass is 35.5. The average molecular weight is 243 g/mol. The molecule has 0 radical (unpaired) electrons. The normalized spacial score (nSPS) is 10.5. The molecule has 0 aliphatic rings. The largest absolute Gasteiger partial charge is 0.493 e. The minimum Gasteiger partial charge on any atom is -0.493 e. The molecule has 3 nitrogen and oxygen atoms in total. The van der Waals surface area contributed by atoms with Crippen molar-refractivity contribution < 1.29 is 14.6 Å². The van der Waals surface area contributed by atoms with Gasteiger partial charge in [-0.05, 0) is 30.5 Å². The van der Waals surface area contributed by atoms with Crippen molar-refractivity contribution in [3.8, 4) is 5.75 Å². The van der Waals surface area contributed by atoms with E-state index in [1.807, 2.05) is 0 Å². The number of carboxylic acid groups (broad SMARTS) is 1. The molecule has 0 heterocycles. The second-order valence-electron chi connectivity index (χ2n) is 3.98. The summed E-state index contributed by atoms with van der Waals surface area (Å²) in [5.41, 5.74) is 0.108. The molecule has 0 aromatic heterocycles. The number of ether oxygens (including phenoxy) is 1. The van der Waals surface area contributed by atoms with Crippen LogP contribution in [0.1, 0.15) is 30.6 Å². The zero-order valence-corrected chi connectivity index (χ0v) is 10.1. The highest BCUT2D eigenvalue weighted by molar-refractivity contribution is 6.31. The van der Waals surface area contributed by atoms with Gasteiger partial charge in [-0.25, -0.2) is 4.79 Å². The van der Waals surface area contributed by atoms with Crippen molar-refractivity contribution in [1.29, 1.82) is 0 Å². The van der Waals surface area contributed by atoms with Gasteiger partial charge in [0, 0.05) is 5.02 Å². The molecule has 0 saturated carbocycles. The molecule has 1 rings (SSSR count). The van der Waals surface area contributed by atoms with Gasteiger partial charge < -0.3 is 9.84 Å². The SMILES string of the molecule is CC(C)CCOc1ccc(Cl)cc1C(=O)O. The van der Waals surface area contributed by atoms with E-state index in [9.17, 15) is 4.79 Å². The van der Waals surface area contributed by atoms with Crippen molar-refractivity contribution in [3.05, 3.63) is 28.8 Å². The summed E-state index contributed by atoms with van der Waals surface area (Å²) < 4.78 is 5.42. The van der Waals surface area contributed by atoms with Crippen LogP contribution in [0.2, 0.25) is 5.02 Å². The van der Waals surface area contributed by atoms with E-state index >= 15 is 0 Å². The number of hydrogen-bond donors (Lipinski definition) is 1. The Morgan fingerprint density at radius 2 is 2.19 bits per heavy atom. The van der Waals surface area contributed by atoms with Crippen LogP contribution >= 0.6 is 11.6 Å². The van der Waals surface area contributed by atoms with Crippen molar-refractivity contribution in [3.63, 3.8) is 0 Å². The van der Waals surface area contributed by atoms with Gasteiger partial charge in [-0.15, -0.1) is 0 Å². The first-order chi connectivity index (χ1) is 7.50. The van der Waals surface area contributed by atoms with Crippen LogP contribution in [0.25, 0.3) is 0 Å². The molecule has 88 valence electrons. The Labute approximate surface area is 100.0 Å². The van der Waals surface area contributed by atoms with Crippen molar-refractivity contribution in [2.45, 2.75) is 20.3 Å². The number of halogens is 1. The average Bonchev–Trinajstić information content (AvgIpc) is 2.19. The second-order valence-corrected chi connectivity index (χ2v) is 4.41. The fourth-order valence-electron chi connectivity index (χ4n) is 1.20. The highest BCUT2D eigenvalue weighted by Crippen LogP contribution is 2.23. The minimum atomic E-state index is -1.03. The molecule has 0 aliphatic heterocycles. The number of hydrogen-bond acceptors (Lipinski definition) is 2. The van der Waals surface area contributed by atoms with Crippen LogP contribution < -0.4 is 4.74 Å². The Hall–Kier alpha value is -1.22. The Morgan fingerprint density at radius 3 is 2.75 bits per heavy atom. The molecule has 0 saturated heterocycles. The van der Waals surface area contributed by atoms with Gasteiger partial charge in [-0.2, -0.15) is 0 Å². The third kappa shape index (κ3) is 3.74. The van der Waals surface area contributed by atoms with E-state index in [0.29, 0.717) is 23.3 Å². The van der Waals surface area contributed by atoms with Crippen LogP contribution in [-0.4, -0.2) is 17.7 Å². The third-order valence-corrected chi connectivity index (χ3v) is 2.36. The first-order valence-corrected chi connectivity index (χ1v) is 5.54. The molecule has 0 fully saturated rings. The van der Waals surface area contributed by atoms with Gasteiger partial charge in [-0.3, -0.25) is 0 Å². The number of aromatic carboxylic acids is 1. The molecule has 16 heavy (non-hydrogen) atoms. The molecule has 0 amide bonds. The number of benzene rings is 1. The van der Waals surface area contributed by atoms with Gasteiger partial charge in [0.1, 0.15) is 11.3 Å². The van der Waals surface area contributed by atoms with Gasteiger partial charge in [0.25, 0.3) is 0 Å². The summed E-state index contributed by atoms with van der Waals surface area (Å²) in [5, 5.41) is 9.36. The van der Waals surface area contributed by atoms with Crippen LogP contribution in [0, 0.1) is 5.92 Å². The predicted molar refractivity (Wildman–Crippen MR) is 63.4 cm³/mol. The van der Waals surface area contributed by atoms with E-state index in [0.717, 1.165) is 6.42 Å². The lowest BCUT2D eigenvalue weighted by molar-refractivity contribution is 0.0692. The van der Waals surface area contributed by atoms with Crippen LogP contribution in [0.5, 0.6) is 5.75 Å². The zero-order chi connectivity index (χ0) is 12.1. The summed E-state index contributed by atoms with van der Waals surface area (Å²) in [5.74, 6) is -0.125. The number of rotatable bonds is 5. The van der Waals surface area contributed by atoms with Gasteiger partial charge in [0.15, 0.2) is 0 Å². The predicted octanol–water partition coefficient (Wildman–Crippen LogP) is 3.46. The minimum absolute atomic E-state index is 0.108. The third-order valence-electron chi connectivity index (χ3n) is 2.12. The highest BCUT2D eigenvalue weighted by Gasteiger charge is 2.11. The molecule has 1 aromatic rings. The van der Waals surface area contributed by atoms with Crippen LogP contribution in [0.3, 0.4) is 0 Å². The Morgan fingerprint density at radius 1 is 1.50 bits per heavy atom. The molecule has 1 N–H and O–H groups in total. The van der Waals surface area contributed by atoms with Gasteiger partial charge in [0.05, 0.1) is 6.61 Å². The van der Waals surface area contributed by atoms with Crippen LogP contribution in [0.15, 0.2) is 18.2 Å². The van der Waals surface area contributed by atoms with Gasteiger partial charge in [-0.1, -0.05) is 25.4 Å². The summed E-state index contributed by atoms with van der Waals surface area (Å²) in [6.07, 6.45) is 0.891. The first kappa shape index (κ1) is 12.8. The first-order valence-electron chi connectivity index (χ1n) is 5.16. The lowest BCUT2D eigenvalue weighted by Gasteiger charge is -2.10. The lowest BCUT2D eigenvalue weighted by atomic mass is 10.1. The smallest absolute Gasteiger partial charge is 0.339 e. The summed E-state index contributed by atoms with van der Waals surface area (Å²) in [4.78, 5) is 10.9. The van der Waals surface area contributed by atoms with Crippen LogP contribution in [0.4, 0.5) is 0 Å². The molecule has 0 bridgehead atoms. The monoisotopic (exact) mass is 242 g/mol. The van der Waals surface area contributed by atoms with Crippen molar-refractivity contribution in [2.75, 3.05) is 6.61 Å². The maximum absolute atomic E-state index is 10.9. The fraction of sp³-hybridized carbons (Fsp3) is 0.417. The zero-order valence-electron chi connectivity index (χ0n) is 9.37. The Bertz CT molecular complexity index is 375. The van der Waals surface area contributed by atoms with E-state index in [1.54, 1.807) is 12.1 Å². The number of carbonyl (C=O) groups is 1. The lowest BCUT2D eigenvalue weighted by Crippen LogP contribution is -2.06. The van der Waals surface area contributed by atoms with Gasteiger partial charge >= 0.3 is 5.97 Å². The summed E-state index contributed by atoms with van der Waals surface area (Å²) in [6, 6.07) is 4.61. The van der Waals surface area contributed by atoms with E-state index in [-0.39, 0.29) is 5.56 Å². The van der Waals surface area contributed by atoms with E-state index in [1.165, 1.54) is 6.07 Å². The topological polar surface area (TPSA) is 46.5 Å². The number of carboxylic acids is 1. The van der Waals surface area contributed by atoms with Crippen LogP contribution in [-0.2, 0) is 0 Å². The van der Waals surface area contributed by atoms with Crippen molar-refractivity contribution in [1.82, 2.24) is 0 Å².